The molecule has 94 valence electrons. The third kappa shape index (κ3) is 5.05. The van der Waals surface area contributed by atoms with Crippen LogP contribution in [0.2, 0.25) is 0 Å². The maximum atomic E-state index is 11.5. The minimum Gasteiger partial charge on any atom is -0.469 e. The summed E-state index contributed by atoms with van der Waals surface area (Å²) in [6, 6.07) is 3.46. The van der Waals surface area contributed by atoms with E-state index in [0.29, 0.717) is 19.3 Å². The van der Waals surface area contributed by atoms with E-state index >= 15 is 0 Å². The summed E-state index contributed by atoms with van der Waals surface area (Å²) in [5.41, 5.74) is 5.33. The zero-order valence-corrected chi connectivity index (χ0v) is 9.72. The molecule has 1 atom stereocenters. The van der Waals surface area contributed by atoms with Gasteiger partial charge < -0.3 is 20.7 Å². The van der Waals surface area contributed by atoms with Crippen LogP contribution in [0.1, 0.15) is 25.5 Å². The number of furan rings is 1. The number of carbonyl (C=O) groups is 1. The van der Waals surface area contributed by atoms with Crippen LogP contribution in [0.25, 0.3) is 0 Å². The first kappa shape index (κ1) is 13.1. The molecular formula is C11H17N3O3. The molecule has 1 rings (SSSR count). The third-order valence-corrected chi connectivity index (χ3v) is 2.23. The van der Waals surface area contributed by atoms with Crippen molar-refractivity contribution in [1.29, 1.82) is 0 Å². The van der Waals surface area contributed by atoms with Crippen molar-refractivity contribution in [3.05, 3.63) is 24.2 Å². The van der Waals surface area contributed by atoms with Crippen molar-refractivity contribution < 1.29 is 14.4 Å². The smallest absolute Gasteiger partial charge is 0.220 e. The SMILES string of the molecule is CC(CC(N)=NO)NC(=O)CCc1ccco1. The van der Waals surface area contributed by atoms with Gasteiger partial charge in [-0.15, -0.1) is 0 Å². The predicted molar refractivity (Wildman–Crippen MR) is 62.7 cm³/mol. The Balaban J connectivity index is 2.25. The minimum absolute atomic E-state index is 0.0837. The highest BCUT2D eigenvalue weighted by Gasteiger charge is 2.09. The number of aryl methyl sites for hydroxylation is 1. The van der Waals surface area contributed by atoms with Crippen molar-refractivity contribution in [2.24, 2.45) is 10.9 Å². The zero-order chi connectivity index (χ0) is 12.7. The van der Waals surface area contributed by atoms with E-state index in [0.717, 1.165) is 5.76 Å². The Morgan fingerprint density at radius 3 is 3.06 bits per heavy atom. The Morgan fingerprint density at radius 2 is 2.47 bits per heavy atom. The van der Waals surface area contributed by atoms with Crippen molar-refractivity contribution in [3.8, 4) is 0 Å². The predicted octanol–water partition coefficient (Wildman–Crippen LogP) is 0.853. The first-order chi connectivity index (χ1) is 8.11. The van der Waals surface area contributed by atoms with Gasteiger partial charge in [0, 0.05) is 25.3 Å². The van der Waals surface area contributed by atoms with Crippen molar-refractivity contribution in [2.75, 3.05) is 0 Å². The molecular weight excluding hydrogens is 222 g/mol. The molecule has 1 heterocycles. The average molecular weight is 239 g/mol. The quantitative estimate of drug-likeness (QED) is 0.296. The zero-order valence-electron chi connectivity index (χ0n) is 9.72. The van der Waals surface area contributed by atoms with Gasteiger partial charge in [0.05, 0.1) is 6.26 Å². The molecule has 0 aliphatic heterocycles. The van der Waals surface area contributed by atoms with Gasteiger partial charge in [0.1, 0.15) is 11.6 Å². The summed E-state index contributed by atoms with van der Waals surface area (Å²) in [4.78, 5) is 11.5. The summed E-state index contributed by atoms with van der Waals surface area (Å²) in [6.07, 6.45) is 2.82. The number of carbonyl (C=O) groups excluding carboxylic acids is 1. The number of amidine groups is 1. The van der Waals surface area contributed by atoms with Crippen molar-refractivity contribution in [1.82, 2.24) is 5.32 Å². The molecule has 0 aromatic carbocycles. The van der Waals surface area contributed by atoms with E-state index in [9.17, 15) is 4.79 Å². The van der Waals surface area contributed by atoms with Gasteiger partial charge in [0.15, 0.2) is 0 Å². The first-order valence-corrected chi connectivity index (χ1v) is 5.40. The van der Waals surface area contributed by atoms with E-state index in [2.05, 4.69) is 10.5 Å². The number of nitrogens with one attached hydrogen (secondary N) is 1. The molecule has 0 saturated carbocycles. The monoisotopic (exact) mass is 239 g/mol. The fourth-order valence-electron chi connectivity index (χ4n) is 1.44. The molecule has 0 fully saturated rings. The standard InChI is InChI=1S/C11H17N3O3/c1-8(7-10(12)14-16)13-11(15)5-4-9-3-2-6-17-9/h2-3,6,8,16H,4-5,7H2,1H3,(H2,12,14)(H,13,15). The van der Waals surface area contributed by atoms with Gasteiger partial charge in [0.2, 0.25) is 5.91 Å². The molecule has 6 heteroatoms. The fraction of sp³-hybridized carbons (Fsp3) is 0.455. The highest BCUT2D eigenvalue weighted by molar-refractivity contribution is 5.81. The molecule has 4 N–H and O–H groups in total. The second-order valence-corrected chi connectivity index (χ2v) is 3.84. The maximum absolute atomic E-state index is 11.5. The van der Waals surface area contributed by atoms with Crippen molar-refractivity contribution in [2.45, 2.75) is 32.2 Å². The van der Waals surface area contributed by atoms with Crippen molar-refractivity contribution >= 4 is 11.7 Å². The van der Waals surface area contributed by atoms with Crippen LogP contribution < -0.4 is 11.1 Å². The Morgan fingerprint density at radius 1 is 1.71 bits per heavy atom. The molecule has 0 radical (unpaired) electrons. The second kappa shape index (κ2) is 6.57. The lowest BCUT2D eigenvalue weighted by Gasteiger charge is -2.12. The summed E-state index contributed by atoms with van der Waals surface area (Å²) in [6.45, 7) is 1.79. The highest BCUT2D eigenvalue weighted by atomic mass is 16.4. The van der Waals surface area contributed by atoms with E-state index in [1.165, 1.54) is 0 Å². The largest absolute Gasteiger partial charge is 0.469 e. The fourth-order valence-corrected chi connectivity index (χ4v) is 1.44. The second-order valence-electron chi connectivity index (χ2n) is 3.84. The van der Waals surface area contributed by atoms with Crippen LogP contribution in [0.5, 0.6) is 0 Å². The van der Waals surface area contributed by atoms with Crippen LogP contribution in [0.4, 0.5) is 0 Å². The van der Waals surface area contributed by atoms with Crippen LogP contribution in [0.3, 0.4) is 0 Å². The molecule has 1 amide bonds. The van der Waals surface area contributed by atoms with Crippen LogP contribution in [-0.4, -0.2) is 23.0 Å². The molecule has 1 aromatic heterocycles. The molecule has 1 unspecified atom stereocenters. The third-order valence-electron chi connectivity index (χ3n) is 2.23. The molecule has 0 spiro atoms. The molecule has 0 saturated heterocycles. The van der Waals surface area contributed by atoms with Gasteiger partial charge in [-0.3, -0.25) is 4.79 Å². The van der Waals surface area contributed by atoms with E-state index in [1.807, 2.05) is 6.07 Å². The van der Waals surface area contributed by atoms with Crippen LogP contribution in [0.15, 0.2) is 28.0 Å². The lowest BCUT2D eigenvalue weighted by Crippen LogP contribution is -2.35. The number of hydrogen-bond donors (Lipinski definition) is 3. The van der Waals surface area contributed by atoms with Crippen LogP contribution in [-0.2, 0) is 11.2 Å². The van der Waals surface area contributed by atoms with Gasteiger partial charge in [-0.1, -0.05) is 5.16 Å². The van der Waals surface area contributed by atoms with Crippen molar-refractivity contribution in [3.63, 3.8) is 0 Å². The normalized spacial score (nSPS) is 13.4. The van der Waals surface area contributed by atoms with E-state index in [4.69, 9.17) is 15.4 Å². The Bertz CT molecular complexity index is 373. The van der Waals surface area contributed by atoms with Gasteiger partial charge >= 0.3 is 0 Å². The summed E-state index contributed by atoms with van der Waals surface area (Å²) in [5, 5.41) is 14.0. The molecule has 6 nitrogen and oxygen atoms in total. The van der Waals surface area contributed by atoms with Gasteiger partial charge in [-0.05, 0) is 19.1 Å². The van der Waals surface area contributed by atoms with E-state index in [-0.39, 0.29) is 17.8 Å². The van der Waals surface area contributed by atoms with Gasteiger partial charge in [-0.25, -0.2) is 0 Å². The van der Waals surface area contributed by atoms with E-state index < -0.39 is 0 Å². The number of amides is 1. The Hall–Kier alpha value is -1.98. The maximum Gasteiger partial charge on any atom is 0.220 e. The topological polar surface area (TPSA) is 101 Å². The first-order valence-electron chi connectivity index (χ1n) is 5.40. The van der Waals surface area contributed by atoms with E-state index in [1.54, 1.807) is 19.3 Å². The molecule has 0 bridgehead atoms. The molecule has 1 aromatic rings. The Labute approximate surface area is 99.5 Å². The molecule has 0 aliphatic rings. The minimum atomic E-state index is -0.157. The van der Waals surface area contributed by atoms with Crippen LogP contribution >= 0.6 is 0 Å². The highest BCUT2D eigenvalue weighted by Crippen LogP contribution is 2.03. The summed E-state index contributed by atoms with van der Waals surface area (Å²) >= 11 is 0. The molecule has 0 aliphatic carbocycles. The summed E-state index contributed by atoms with van der Waals surface area (Å²) in [5.74, 6) is 0.799. The number of nitrogens with two attached hydrogens (primary N) is 1. The average Bonchev–Trinajstić information content (AvgIpc) is 2.78. The number of nitrogens with zero attached hydrogens (tertiary/aromatic N) is 1. The number of rotatable bonds is 6. The van der Waals surface area contributed by atoms with Gasteiger partial charge in [-0.2, -0.15) is 0 Å². The molecule has 17 heavy (non-hydrogen) atoms. The number of oxime groups is 1. The Kier molecular flexibility index (Phi) is 5.06. The van der Waals surface area contributed by atoms with Crippen LogP contribution in [0, 0.1) is 0 Å². The van der Waals surface area contributed by atoms with Gasteiger partial charge in [0.25, 0.3) is 0 Å². The summed E-state index contributed by atoms with van der Waals surface area (Å²) in [7, 11) is 0. The lowest BCUT2D eigenvalue weighted by atomic mass is 10.2. The number of hydrogen-bond acceptors (Lipinski definition) is 4. The lowest BCUT2D eigenvalue weighted by molar-refractivity contribution is -0.121. The summed E-state index contributed by atoms with van der Waals surface area (Å²) < 4.78 is 5.12.